The molecule has 1 heterocycles. The summed E-state index contributed by atoms with van der Waals surface area (Å²) in [5.74, 6) is -0.768. The lowest BCUT2D eigenvalue weighted by atomic mass is 9.93. The molecule has 0 unspecified atom stereocenters. The predicted octanol–water partition coefficient (Wildman–Crippen LogP) is 3.48. The minimum absolute atomic E-state index is 0.309. The SMILES string of the molecule is CCC1(CC)NC(=O)N(CC(=O)Nc2ccc(Nc3ccccc3)cc2)C1=O. The van der Waals surface area contributed by atoms with Crippen LogP contribution in [0, 0.1) is 0 Å². The zero-order chi connectivity index (χ0) is 20.1. The molecule has 7 heteroatoms. The van der Waals surface area contributed by atoms with Gasteiger partial charge in [0.05, 0.1) is 0 Å². The van der Waals surface area contributed by atoms with E-state index in [1.165, 1.54) is 0 Å². The normalized spacial score (nSPS) is 15.3. The summed E-state index contributed by atoms with van der Waals surface area (Å²) in [6.45, 7) is 3.38. The fourth-order valence-corrected chi connectivity index (χ4v) is 3.22. The van der Waals surface area contributed by atoms with E-state index in [4.69, 9.17) is 0 Å². The lowest BCUT2D eigenvalue weighted by Crippen LogP contribution is -2.46. The number of imide groups is 1. The van der Waals surface area contributed by atoms with Crippen LogP contribution in [0.1, 0.15) is 26.7 Å². The number of hydrogen-bond donors (Lipinski definition) is 3. The van der Waals surface area contributed by atoms with Gasteiger partial charge in [-0.05, 0) is 49.2 Å². The second-order valence-electron chi connectivity index (χ2n) is 6.73. The zero-order valence-electron chi connectivity index (χ0n) is 16.0. The molecule has 0 spiro atoms. The first-order chi connectivity index (χ1) is 13.5. The lowest BCUT2D eigenvalue weighted by Gasteiger charge is -2.23. The number of benzene rings is 2. The first-order valence-corrected chi connectivity index (χ1v) is 9.33. The maximum absolute atomic E-state index is 12.6. The predicted molar refractivity (Wildman–Crippen MR) is 108 cm³/mol. The van der Waals surface area contributed by atoms with Crippen LogP contribution in [-0.2, 0) is 9.59 Å². The van der Waals surface area contributed by atoms with Gasteiger partial charge in [0.25, 0.3) is 5.91 Å². The smallest absolute Gasteiger partial charge is 0.325 e. The highest BCUT2D eigenvalue weighted by Gasteiger charge is 2.49. The molecule has 1 aliphatic heterocycles. The Morgan fingerprint density at radius 2 is 1.50 bits per heavy atom. The number of carbonyl (C=O) groups excluding carboxylic acids is 3. The summed E-state index contributed by atoms with van der Waals surface area (Å²) in [5.41, 5.74) is 1.54. The number of nitrogens with one attached hydrogen (secondary N) is 3. The van der Waals surface area contributed by atoms with Crippen LogP contribution in [0.2, 0.25) is 0 Å². The molecule has 146 valence electrons. The molecule has 0 aromatic heterocycles. The van der Waals surface area contributed by atoms with Crippen LogP contribution >= 0.6 is 0 Å². The number of nitrogens with zero attached hydrogens (tertiary/aromatic N) is 1. The van der Waals surface area contributed by atoms with Crippen LogP contribution < -0.4 is 16.0 Å². The van der Waals surface area contributed by atoms with Gasteiger partial charge in [-0.3, -0.25) is 14.5 Å². The van der Waals surface area contributed by atoms with Gasteiger partial charge in [0, 0.05) is 17.1 Å². The standard InChI is InChI=1S/C21H24N4O3/c1-3-21(4-2)19(27)25(20(28)24-21)14-18(26)23-17-12-10-16(11-13-17)22-15-8-6-5-7-9-15/h5-13,22H,3-4,14H2,1-2H3,(H,23,26)(H,24,28). The zero-order valence-corrected chi connectivity index (χ0v) is 16.0. The van der Waals surface area contributed by atoms with Gasteiger partial charge in [-0.1, -0.05) is 32.0 Å². The van der Waals surface area contributed by atoms with Crippen molar-refractivity contribution in [3.63, 3.8) is 0 Å². The van der Waals surface area contributed by atoms with Crippen molar-refractivity contribution in [3.8, 4) is 0 Å². The number of urea groups is 1. The maximum Gasteiger partial charge on any atom is 0.325 e. The number of carbonyl (C=O) groups is 3. The Balaban J connectivity index is 1.59. The summed E-state index contributed by atoms with van der Waals surface area (Å²) in [6.07, 6.45) is 0.976. The third-order valence-corrected chi connectivity index (χ3v) is 4.99. The largest absolute Gasteiger partial charge is 0.356 e. The van der Waals surface area contributed by atoms with Crippen molar-refractivity contribution >= 4 is 34.9 Å². The van der Waals surface area contributed by atoms with Crippen LogP contribution in [-0.4, -0.2) is 34.8 Å². The van der Waals surface area contributed by atoms with Crippen LogP contribution in [0.4, 0.5) is 21.9 Å². The molecule has 28 heavy (non-hydrogen) atoms. The van der Waals surface area contributed by atoms with E-state index in [0.717, 1.165) is 16.3 Å². The topological polar surface area (TPSA) is 90.5 Å². The number of amides is 4. The number of anilines is 3. The number of para-hydroxylation sites is 1. The highest BCUT2D eigenvalue weighted by molar-refractivity contribution is 6.10. The summed E-state index contributed by atoms with van der Waals surface area (Å²) in [7, 11) is 0. The molecular formula is C21H24N4O3. The van der Waals surface area contributed by atoms with Crippen molar-refractivity contribution in [1.82, 2.24) is 10.2 Å². The average molecular weight is 380 g/mol. The van der Waals surface area contributed by atoms with Crippen molar-refractivity contribution in [1.29, 1.82) is 0 Å². The molecule has 4 amide bonds. The molecule has 1 aliphatic rings. The monoisotopic (exact) mass is 380 g/mol. The molecule has 0 radical (unpaired) electrons. The second kappa shape index (κ2) is 8.12. The van der Waals surface area contributed by atoms with Crippen molar-refractivity contribution in [2.45, 2.75) is 32.2 Å². The van der Waals surface area contributed by atoms with Crippen LogP contribution in [0.15, 0.2) is 54.6 Å². The van der Waals surface area contributed by atoms with Gasteiger partial charge < -0.3 is 16.0 Å². The van der Waals surface area contributed by atoms with Gasteiger partial charge in [-0.25, -0.2) is 4.79 Å². The molecule has 0 saturated carbocycles. The van der Waals surface area contributed by atoms with Crippen molar-refractivity contribution in [2.24, 2.45) is 0 Å². The molecule has 0 atom stereocenters. The van der Waals surface area contributed by atoms with Gasteiger partial charge in [0.15, 0.2) is 0 Å². The molecule has 2 aromatic carbocycles. The Morgan fingerprint density at radius 1 is 0.929 bits per heavy atom. The quantitative estimate of drug-likeness (QED) is 0.642. The maximum atomic E-state index is 12.6. The summed E-state index contributed by atoms with van der Waals surface area (Å²) in [5, 5.41) is 8.70. The highest BCUT2D eigenvalue weighted by Crippen LogP contribution is 2.25. The third kappa shape index (κ3) is 3.98. The van der Waals surface area contributed by atoms with E-state index in [1.54, 1.807) is 12.1 Å². The Kier molecular flexibility index (Phi) is 5.63. The van der Waals surface area contributed by atoms with Crippen LogP contribution in [0.25, 0.3) is 0 Å². The van der Waals surface area contributed by atoms with E-state index < -0.39 is 17.5 Å². The molecule has 3 rings (SSSR count). The van der Waals surface area contributed by atoms with Crippen molar-refractivity contribution in [2.75, 3.05) is 17.2 Å². The van der Waals surface area contributed by atoms with E-state index in [2.05, 4.69) is 16.0 Å². The molecule has 0 aliphatic carbocycles. The van der Waals surface area contributed by atoms with Gasteiger partial charge >= 0.3 is 6.03 Å². The Labute approximate surface area is 164 Å². The first-order valence-electron chi connectivity index (χ1n) is 9.33. The van der Waals surface area contributed by atoms with E-state index in [9.17, 15) is 14.4 Å². The Morgan fingerprint density at radius 3 is 2.07 bits per heavy atom. The van der Waals surface area contributed by atoms with E-state index in [-0.39, 0.29) is 12.5 Å². The molecule has 1 fully saturated rings. The minimum atomic E-state index is -0.901. The third-order valence-electron chi connectivity index (χ3n) is 4.99. The van der Waals surface area contributed by atoms with Gasteiger partial charge in [0.2, 0.25) is 5.91 Å². The Hall–Kier alpha value is -3.35. The fourth-order valence-electron chi connectivity index (χ4n) is 3.22. The molecule has 1 saturated heterocycles. The van der Waals surface area contributed by atoms with Crippen LogP contribution in [0.3, 0.4) is 0 Å². The number of rotatable bonds is 7. The summed E-state index contributed by atoms with van der Waals surface area (Å²) >= 11 is 0. The molecule has 0 bridgehead atoms. The lowest BCUT2D eigenvalue weighted by molar-refractivity contribution is -0.134. The second-order valence-corrected chi connectivity index (χ2v) is 6.73. The van der Waals surface area contributed by atoms with E-state index in [1.807, 2.05) is 56.3 Å². The summed E-state index contributed by atoms with van der Waals surface area (Å²) in [4.78, 5) is 38.0. The van der Waals surface area contributed by atoms with Crippen LogP contribution in [0.5, 0.6) is 0 Å². The van der Waals surface area contributed by atoms with E-state index >= 15 is 0 Å². The molecule has 3 N–H and O–H groups in total. The van der Waals surface area contributed by atoms with Crippen molar-refractivity contribution in [3.05, 3.63) is 54.6 Å². The Bertz CT molecular complexity index is 861. The molecular weight excluding hydrogens is 356 g/mol. The van der Waals surface area contributed by atoms with Crippen molar-refractivity contribution < 1.29 is 14.4 Å². The van der Waals surface area contributed by atoms with Gasteiger partial charge in [-0.15, -0.1) is 0 Å². The average Bonchev–Trinajstić information content (AvgIpc) is 2.95. The molecule has 2 aromatic rings. The fraction of sp³-hybridized carbons (Fsp3) is 0.286. The minimum Gasteiger partial charge on any atom is -0.356 e. The van der Waals surface area contributed by atoms with Gasteiger partial charge in [0.1, 0.15) is 12.1 Å². The highest BCUT2D eigenvalue weighted by atomic mass is 16.2. The molecule has 7 nitrogen and oxygen atoms in total. The van der Waals surface area contributed by atoms with Gasteiger partial charge in [-0.2, -0.15) is 0 Å². The number of hydrogen-bond acceptors (Lipinski definition) is 4. The summed E-state index contributed by atoms with van der Waals surface area (Å²) in [6, 6.07) is 16.4. The summed E-state index contributed by atoms with van der Waals surface area (Å²) < 4.78 is 0. The van der Waals surface area contributed by atoms with E-state index in [0.29, 0.717) is 18.5 Å². The first kappa shape index (κ1) is 19.4.